The van der Waals surface area contributed by atoms with Gasteiger partial charge in [0, 0.05) is 11.8 Å². The second kappa shape index (κ2) is 8.06. The van der Waals surface area contributed by atoms with Gasteiger partial charge in [-0.3, -0.25) is 4.79 Å². The molecule has 4 atom stereocenters. The second-order valence-corrected chi connectivity index (χ2v) is 11.7. The molecule has 1 saturated heterocycles. The Labute approximate surface area is 149 Å². The van der Waals surface area contributed by atoms with Crippen molar-refractivity contribution < 1.29 is 19.7 Å². The number of carbonyl (C=O) groups is 1. The summed E-state index contributed by atoms with van der Waals surface area (Å²) in [5.41, 5.74) is 6.06. The summed E-state index contributed by atoms with van der Waals surface area (Å²) in [6.07, 6.45) is 5.19. The molecule has 2 unspecified atom stereocenters. The second-order valence-electron chi connectivity index (χ2n) is 7.35. The smallest absolute Gasteiger partial charge is 0.254 e. The van der Waals surface area contributed by atoms with E-state index in [1.807, 2.05) is 0 Å². The summed E-state index contributed by atoms with van der Waals surface area (Å²) in [5, 5.41) is 23.4. The lowest BCUT2D eigenvalue weighted by atomic mass is 10.1. The number of hydrogen-bond acceptors (Lipinski definition) is 6. The van der Waals surface area contributed by atoms with Crippen molar-refractivity contribution in [2.24, 2.45) is 5.73 Å². The Hall–Kier alpha value is -1.11. The molecule has 0 aromatic carbocycles. The first-order chi connectivity index (χ1) is 11.6. The first-order valence-corrected chi connectivity index (χ1v) is 11.6. The van der Waals surface area contributed by atoms with E-state index < -0.39 is 31.4 Å². The van der Waals surface area contributed by atoms with E-state index in [2.05, 4.69) is 31.5 Å². The van der Waals surface area contributed by atoms with Crippen LogP contribution in [0.5, 0.6) is 0 Å². The average molecular weight is 371 g/mol. The van der Waals surface area contributed by atoms with Gasteiger partial charge in [-0.2, -0.15) is 0 Å². The molecule has 0 saturated carbocycles. The Balaban J connectivity index is 2.13. The van der Waals surface area contributed by atoms with E-state index in [0.717, 1.165) is 6.16 Å². The zero-order valence-electron chi connectivity index (χ0n) is 15.0. The van der Waals surface area contributed by atoms with Crippen LogP contribution in [-0.2, 0) is 9.53 Å². The van der Waals surface area contributed by atoms with Gasteiger partial charge >= 0.3 is 0 Å². The van der Waals surface area contributed by atoms with E-state index >= 15 is 0 Å². The number of nitrogens with one attached hydrogen (secondary N) is 1. The molecular weight excluding hydrogens is 341 g/mol. The van der Waals surface area contributed by atoms with E-state index in [0.29, 0.717) is 37.2 Å². The third kappa shape index (κ3) is 4.96. The highest BCUT2D eigenvalue weighted by atomic mass is 31.2. The van der Waals surface area contributed by atoms with Gasteiger partial charge in [-0.1, -0.05) is 6.58 Å². The lowest BCUT2D eigenvalue weighted by Gasteiger charge is -2.34. The van der Waals surface area contributed by atoms with Crippen molar-refractivity contribution in [3.63, 3.8) is 0 Å². The van der Waals surface area contributed by atoms with Crippen LogP contribution in [0, 0.1) is 0 Å². The summed E-state index contributed by atoms with van der Waals surface area (Å²) >= 11 is 0. The van der Waals surface area contributed by atoms with Gasteiger partial charge < -0.3 is 30.9 Å². The molecule has 0 bridgehead atoms. The normalized spacial score (nSPS) is 30.4. The molecule has 2 heterocycles. The van der Waals surface area contributed by atoms with Crippen LogP contribution in [0.15, 0.2) is 24.2 Å². The minimum Gasteiger partial charge on any atom is -0.388 e. The monoisotopic (exact) mass is 371 g/mol. The van der Waals surface area contributed by atoms with Crippen LogP contribution < -0.4 is 11.1 Å². The first kappa shape index (κ1) is 20.2. The number of rotatable bonds is 7. The quantitative estimate of drug-likeness (QED) is 0.471. The molecule has 142 valence electrons. The molecule has 0 spiro atoms. The number of carbonyl (C=O) groups excluding carboxylic acids is 1. The topological polar surface area (TPSA) is 108 Å². The maximum absolute atomic E-state index is 12.0. The van der Waals surface area contributed by atoms with Gasteiger partial charge in [0.2, 0.25) is 0 Å². The maximum atomic E-state index is 12.0. The Morgan fingerprint density at radius 1 is 1.40 bits per heavy atom. The number of hydrogen-bond donors (Lipinski definition) is 4. The Bertz CT molecular complexity index is 601. The summed E-state index contributed by atoms with van der Waals surface area (Å²) in [7, 11) is 0. The van der Waals surface area contributed by atoms with Crippen molar-refractivity contribution in [3.05, 3.63) is 24.2 Å². The van der Waals surface area contributed by atoms with Crippen LogP contribution in [0.1, 0.15) is 19.3 Å². The van der Waals surface area contributed by atoms with Crippen LogP contribution in [0.3, 0.4) is 0 Å². The number of aliphatic hydroxyl groups is 2. The fraction of sp³-hybridized carbons (Fsp3) is 0.647. The number of nitrogens with zero attached hydrogens (tertiary/aromatic N) is 1. The molecule has 5 N–H and O–H groups in total. The van der Waals surface area contributed by atoms with E-state index in [1.54, 1.807) is 11.1 Å². The van der Waals surface area contributed by atoms with Crippen LogP contribution in [0.4, 0.5) is 0 Å². The van der Waals surface area contributed by atoms with Gasteiger partial charge in [-0.25, -0.2) is 0 Å². The maximum Gasteiger partial charge on any atom is 0.254 e. The van der Waals surface area contributed by atoms with Gasteiger partial charge in [0.05, 0.1) is 6.10 Å². The molecule has 8 heteroatoms. The van der Waals surface area contributed by atoms with Crippen LogP contribution in [0.2, 0.25) is 0 Å². The lowest BCUT2D eigenvalue weighted by Crippen LogP contribution is -2.47. The van der Waals surface area contributed by atoms with Crippen molar-refractivity contribution in [2.75, 3.05) is 26.0 Å². The molecule has 2 rings (SSSR count). The molecule has 2 aliphatic heterocycles. The zero-order chi connectivity index (χ0) is 18.8. The largest absolute Gasteiger partial charge is 0.388 e. The van der Waals surface area contributed by atoms with Gasteiger partial charge in [0.15, 0.2) is 6.23 Å². The van der Waals surface area contributed by atoms with Crippen molar-refractivity contribution >= 4 is 19.1 Å². The number of nitrogens with two attached hydrogens (primary N) is 1. The predicted octanol–water partition coefficient (Wildman–Crippen LogP) is 0.0582. The van der Waals surface area contributed by atoms with Crippen molar-refractivity contribution in [1.29, 1.82) is 0 Å². The van der Waals surface area contributed by atoms with Crippen molar-refractivity contribution in [1.82, 2.24) is 10.2 Å². The lowest BCUT2D eigenvalue weighted by molar-refractivity contribution is -0.119. The van der Waals surface area contributed by atoms with Gasteiger partial charge in [0.25, 0.3) is 5.91 Å². The standard InChI is InChI=1S/C17H30N3O4P/c1-11-19-16(23)12(6-5-8-18)10-20(11)17-15(22)14(21)13(24-17)7-9-25(2,3)4/h10,13-15,17,21-22H,1-2,5-9,18H2,3-4H3,(H,19,23)/t13?,14-,15-,17?/m1/s1. The minimum atomic E-state index is -1.24. The Morgan fingerprint density at radius 3 is 2.68 bits per heavy atom. The SMILES string of the molecule is C=C1NC(=O)C(CCCN)=CN1C1OC(CCP(=C)(C)C)[C@@H](O)[C@H]1O. The van der Waals surface area contributed by atoms with Crippen LogP contribution >= 0.6 is 6.89 Å². The number of aliphatic hydroxyl groups excluding tert-OH is 2. The minimum absolute atomic E-state index is 0.220. The third-order valence-corrected chi connectivity index (χ3v) is 5.91. The van der Waals surface area contributed by atoms with Crippen molar-refractivity contribution in [2.45, 2.75) is 43.8 Å². The summed E-state index contributed by atoms with van der Waals surface area (Å²) in [4.78, 5) is 13.6. The highest BCUT2D eigenvalue weighted by molar-refractivity contribution is 7.72. The molecule has 0 aromatic heterocycles. The molecule has 1 amide bonds. The number of amides is 1. The van der Waals surface area contributed by atoms with Crippen molar-refractivity contribution in [3.8, 4) is 0 Å². The molecule has 25 heavy (non-hydrogen) atoms. The highest BCUT2D eigenvalue weighted by Gasteiger charge is 2.46. The van der Waals surface area contributed by atoms with E-state index in [9.17, 15) is 15.0 Å². The molecule has 0 aliphatic carbocycles. The van der Waals surface area contributed by atoms with Gasteiger partial charge in [-0.05, 0) is 45.3 Å². The number of ether oxygens (including phenoxy) is 1. The molecule has 7 nitrogen and oxygen atoms in total. The van der Waals surface area contributed by atoms with Gasteiger partial charge in [-0.15, -0.1) is 13.2 Å². The molecule has 0 aromatic rings. The predicted molar refractivity (Wildman–Crippen MR) is 102 cm³/mol. The van der Waals surface area contributed by atoms with E-state index in [-0.39, 0.29) is 5.91 Å². The fourth-order valence-electron chi connectivity index (χ4n) is 2.95. The Kier molecular flexibility index (Phi) is 6.51. The molecule has 2 aliphatic rings. The first-order valence-electron chi connectivity index (χ1n) is 8.52. The summed E-state index contributed by atoms with van der Waals surface area (Å²) in [6, 6.07) is 0. The molecular formula is C17H30N3O4P. The fourth-order valence-corrected chi connectivity index (χ4v) is 3.91. The van der Waals surface area contributed by atoms with Crippen LogP contribution in [-0.4, -0.2) is 77.9 Å². The third-order valence-electron chi connectivity index (χ3n) is 4.44. The zero-order valence-corrected chi connectivity index (χ0v) is 15.9. The van der Waals surface area contributed by atoms with Gasteiger partial charge in [0.1, 0.15) is 18.0 Å². The average Bonchev–Trinajstić information content (AvgIpc) is 2.80. The van der Waals surface area contributed by atoms with Crippen LogP contribution in [0.25, 0.3) is 0 Å². The Morgan fingerprint density at radius 2 is 2.08 bits per heavy atom. The molecule has 0 radical (unpaired) electrons. The summed E-state index contributed by atoms with van der Waals surface area (Å²) in [5.74, 6) is 0.103. The summed E-state index contributed by atoms with van der Waals surface area (Å²) in [6.45, 7) is 7.31. The summed E-state index contributed by atoms with van der Waals surface area (Å²) < 4.78 is 5.91. The van der Waals surface area contributed by atoms with E-state index in [1.165, 1.54) is 0 Å². The molecule has 1 fully saturated rings. The highest BCUT2D eigenvalue weighted by Crippen LogP contribution is 2.38. The van der Waals surface area contributed by atoms with E-state index in [4.69, 9.17) is 10.5 Å².